The summed E-state index contributed by atoms with van der Waals surface area (Å²) >= 11 is 0. The van der Waals surface area contributed by atoms with Crippen LogP contribution in [0.1, 0.15) is 26.3 Å². The molecule has 2 aromatic heterocycles. The number of aromatic nitrogens is 2. The average Bonchev–Trinajstić information content (AvgIpc) is 3.34. The Kier molecular flexibility index (Phi) is 8.63. The van der Waals surface area contributed by atoms with Crippen molar-refractivity contribution in [2.24, 2.45) is 0 Å². The van der Waals surface area contributed by atoms with E-state index in [-0.39, 0.29) is 17.9 Å². The predicted molar refractivity (Wildman–Crippen MR) is 152 cm³/mol. The van der Waals surface area contributed by atoms with E-state index in [9.17, 15) is 14.7 Å². The van der Waals surface area contributed by atoms with Gasteiger partial charge in [0.15, 0.2) is 0 Å². The highest BCUT2D eigenvalue weighted by molar-refractivity contribution is 5.95. The third-order valence-corrected chi connectivity index (χ3v) is 6.83. The van der Waals surface area contributed by atoms with Crippen molar-refractivity contribution < 1.29 is 14.7 Å². The van der Waals surface area contributed by atoms with Gasteiger partial charge in [0.25, 0.3) is 0 Å². The molecule has 1 aromatic carbocycles. The Morgan fingerprint density at radius 1 is 1.03 bits per heavy atom. The van der Waals surface area contributed by atoms with Crippen LogP contribution in [0.5, 0.6) is 0 Å². The number of amides is 1. The van der Waals surface area contributed by atoms with Gasteiger partial charge in [-0.05, 0) is 68.1 Å². The Morgan fingerprint density at radius 2 is 1.82 bits per heavy atom. The number of hydrogen-bond donors (Lipinski definition) is 2. The number of nitrogens with one attached hydrogen (secondary N) is 1. The number of piperazine rings is 1. The molecule has 0 unspecified atom stereocenters. The molecule has 0 saturated carbocycles. The molecule has 8 nitrogen and oxygen atoms in total. The fraction of sp³-hybridized carbons (Fsp3) is 0.300. The Balaban J connectivity index is 1.30. The fourth-order valence-corrected chi connectivity index (χ4v) is 4.68. The molecular formula is C30H35N5O3. The Labute approximate surface area is 223 Å². The van der Waals surface area contributed by atoms with Crippen molar-refractivity contribution in [2.75, 3.05) is 36.4 Å². The van der Waals surface area contributed by atoms with Gasteiger partial charge in [-0.1, -0.05) is 24.3 Å². The van der Waals surface area contributed by atoms with Crippen LogP contribution in [-0.4, -0.2) is 57.6 Å². The molecule has 8 heteroatoms. The van der Waals surface area contributed by atoms with Crippen LogP contribution in [-0.2, 0) is 22.6 Å². The third-order valence-electron chi connectivity index (χ3n) is 6.83. The van der Waals surface area contributed by atoms with Gasteiger partial charge in [-0.3, -0.25) is 4.79 Å². The quantitative estimate of drug-likeness (QED) is 0.314. The number of allylic oxidation sites excluding steroid dienone is 3. The van der Waals surface area contributed by atoms with E-state index in [2.05, 4.69) is 43.9 Å². The topological polar surface area (TPSA) is 90.7 Å². The van der Waals surface area contributed by atoms with E-state index in [1.807, 2.05) is 49.4 Å². The standard InChI is InChI=1S/C30H35N5O3/c1-4-23(30(37)38)9-11-26(5-2)34-15-17-35(18-16-34)28-12-7-22(21-31-28)19-29(36)32-25-10-8-24-13-14-33(6-3)27(24)20-25/h4-5,7-14,20-21H,6,15-19H2,1-3H3,(H,32,36)(H,37,38)/b11-9-,23-4+,26-5-. The maximum atomic E-state index is 12.7. The number of benzene rings is 1. The van der Waals surface area contributed by atoms with E-state index in [1.54, 1.807) is 25.3 Å². The lowest BCUT2D eigenvalue weighted by atomic mass is 10.1. The van der Waals surface area contributed by atoms with Gasteiger partial charge < -0.3 is 24.8 Å². The number of carboxylic acids is 1. The molecule has 1 fully saturated rings. The maximum absolute atomic E-state index is 12.7. The first-order valence-electron chi connectivity index (χ1n) is 13.0. The number of fused-ring (bicyclic) bond motifs is 1. The van der Waals surface area contributed by atoms with Crippen LogP contribution in [0.15, 0.2) is 84.4 Å². The van der Waals surface area contributed by atoms with E-state index in [4.69, 9.17) is 0 Å². The molecule has 2 N–H and O–H groups in total. The number of rotatable bonds is 9. The number of carbonyl (C=O) groups excluding carboxylic acids is 1. The molecule has 0 radical (unpaired) electrons. The maximum Gasteiger partial charge on any atom is 0.335 e. The second kappa shape index (κ2) is 12.3. The average molecular weight is 514 g/mol. The van der Waals surface area contributed by atoms with Gasteiger partial charge in [0.2, 0.25) is 5.91 Å². The van der Waals surface area contributed by atoms with E-state index in [0.29, 0.717) is 0 Å². The first-order chi connectivity index (χ1) is 18.4. The van der Waals surface area contributed by atoms with Crippen molar-refractivity contribution in [3.8, 4) is 0 Å². The normalized spacial score (nSPS) is 14.9. The lowest BCUT2D eigenvalue weighted by Gasteiger charge is -2.37. The molecule has 1 amide bonds. The molecule has 198 valence electrons. The summed E-state index contributed by atoms with van der Waals surface area (Å²) in [5.41, 5.74) is 4.04. The van der Waals surface area contributed by atoms with Gasteiger partial charge in [0, 0.05) is 56.5 Å². The van der Waals surface area contributed by atoms with E-state index >= 15 is 0 Å². The van der Waals surface area contributed by atoms with E-state index in [1.165, 1.54) is 0 Å². The van der Waals surface area contributed by atoms with Crippen LogP contribution >= 0.6 is 0 Å². The molecule has 0 aliphatic carbocycles. The van der Waals surface area contributed by atoms with Gasteiger partial charge in [0.05, 0.1) is 17.5 Å². The zero-order valence-corrected chi connectivity index (χ0v) is 22.2. The van der Waals surface area contributed by atoms with Crippen LogP contribution in [0, 0.1) is 0 Å². The number of carbonyl (C=O) groups is 2. The minimum Gasteiger partial charge on any atom is -0.478 e. The van der Waals surface area contributed by atoms with Crippen LogP contribution in [0.2, 0.25) is 0 Å². The fourth-order valence-electron chi connectivity index (χ4n) is 4.68. The Morgan fingerprint density at radius 3 is 2.45 bits per heavy atom. The predicted octanol–water partition coefficient (Wildman–Crippen LogP) is 4.85. The zero-order valence-electron chi connectivity index (χ0n) is 22.2. The van der Waals surface area contributed by atoms with Crippen molar-refractivity contribution in [3.63, 3.8) is 0 Å². The summed E-state index contributed by atoms with van der Waals surface area (Å²) in [5.74, 6) is -0.114. The van der Waals surface area contributed by atoms with Crippen LogP contribution in [0.4, 0.5) is 11.5 Å². The number of pyridine rings is 1. The first-order valence-corrected chi connectivity index (χ1v) is 13.0. The van der Waals surface area contributed by atoms with Gasteiger partial charge in [-0.25, -0.2) is 9.78 Å². The minimum absolute atomic E-state index is 0.0713. The molecule has 38 heavy (non-hydrogen) atoms. The number of aryl methyl sites for hydroxylation is 1. The zero-order chi connectivity index (χ0) is 27.1. The highest BCUT2D eigenvalue weighted by Crippen LogP contribution is 2.21. The minimum atomic E-state index is -0.930. The largest absolute Gasteiger partial charge is 0.478 e. The number of aliphatic carboxylic acids is 1. The number of carboxylic acid groups (broad SMARTS) is 1. The summed E-state index contributed by atoms with van der Waals surface area (Å²) in [5, 5.41) is 13.4. The smallest absolute Gasteiger partial charge is 0.335 e. The van der Waals surface area contributed by atoms with Crippen LogP contribution in [0.3, 0.4) is 0 Å². The highest BCUT2D eigenvalue weighted by atomic mass is 16.4. The molecule has 1 aliphatic heterocycles. The van der Waals surface area contributed by atoms with Crippen molar-refractivity contribution in [3.05, 3.63) is 89.9 Å². The second-order valence-electron chi connectivity index (χ2n) is 9.20. The first kappa shape index (κ1) is 26.7. The lowest BCUT2D eigenvalue weighted by Crippen LogP contribution is -2.46. The lowest BCUT2D eigenvalue weighted by molar-refractivity contribution is -0.132. The molecule has 1 aliphatic rings. The van der Waals surface area contributed by atoms with Gasteiger partial charge in [0.1, 0.15) is 5.82 Å². The molecule has 4 rings (SSSR count). The Bertz CT molecular complexity index is 1380. The van der Waals surface area contributed by atoms with Crippen LogP contribution in [0.25, 0.3) is 10.9 Å². The summed E-state index contributed by atoms with van der Waals surface area (Å²) < 4.78 is 2.16. The van der Waals surface area contributed by atoms with Crippen molar-refractivity contribution in [1.29, 1.82) is 0 Å². The highest BCUT2D eigenvalue weighted by Gasteiger charge is 2.19. The summed E-state index contributed by atoms with van der Waals surface area (Å²) in [6.45, 7) is 9.87. The van der Waals surface area contributed by atoms with Gasteiger partial charge >= 0.3 is 5.97 Å². The molecule has 0 bridgehead atoms. The SMILES string of the molecule is C/C=C(/C=C\C(=C/C)C(=O)O)N1CCN(c2ccc(CC(=O)Nc3ccc4ccn(CC)c4c3)cn2)CC1. The van der Waals surface area contributed by atoms with Gasteiger partial charge in [-0.2, -0.15) is 0 Å². The Hall–Kier alpha value is -4.33. The van der Waals surface area contributed by atoms with E-state index in [0.717, 1.165) is 66.4 Å². The van der Waals surface area contributed by atoms with Crippen molar-refractivity contribution in [2.45, 2.75) is 33.7 Å². The number of nitrogens with zero attached hydrogens (tertiary/aromatic N) is 4. The summed E-state index contributed by atoms with van der Waals surface area (Å²) in [7, 11) is 0. The van der Waals surface area contributed by atoms with E-state index < -0.39 is 5.97 Å². The van der Waals surface area contributed by atoms with Crippen molar-refractivity contribution in [1.82, 2.24) is 14.5 Å². The number of hydrogen-bond acceptors (Lipinski definition) is 5. The van der Waals surface area contributed by atoms with Crippen molar-refractivity contribution >= 4 is 34.3 Å². The summed E-state index contributed by atoms with van der Waals surface area (Å²) in [4.78, 5) is 33.0. The molecule has 0 atom stereocenters. The molecule has 1 saturated heterocycles. The second-order valence-corrected chi connectivity index (χ2v) is 9.20. The number of anilines is 2. The third kappa shape index (κ3) is 6.32. The molecule has 3 aromatic rings. The molecular weight excluding hydrogens is 478 g/mol. The van der Waals surface area contributed by atoms with Crippen LogP contribution < -0.4 is 10.2 Å². The summed E-state index contributed by atoms with van der Waals surface area (Å²) in [6, 6.07) is 12.0. The molecule has 0 spiro atoms. The summed E-state index contributed by atoms with van der Waals surface area (Å²) in [6.07, 6.45) is 11.2. The molecule has 3 heterocycles. The monoisotopic (exact) mass is 513 g/mol. The van der Waals surface area contributed by atoms with Gasteiger partial charge in [-0.15, -0.1) is 0 Å².